The Labute approximate surface area is 56.6 Å². The minimum Gasteiger partial charge on any atom is -0.347 e. The number of nitrogens with zero attached hydrogens (tertiary/aromatic N) is 2. The van der Waals surface area contributed by atoms with Gasteiger partial charge in [0.25, 0.3) is 0 Å². The van der Waals surface area contributed by atoms with Gasteiger partial charge in [-0.25, -0.2) is 4.99 Å². The van der Waals surface area contributed by atoms with Gasteiger partial charge in [-0.15, -0.1) is 0 Å². The normalized spacial score (nSPS) is 23.3. The molecule has 0 fully saturated rings. The second kappa shape index (κ2) is 2.44. The summed E-state index contributed by atoms with van der Waals surface area (Å²) in [5.41, 5.74) is 5.11. The van der Waals surface area contributed by atoms with Crippen molar-refractivity contribution in [2.45, 2.75) is 6.17 Å². The molecule has 6 heteroatoms. The molecule has 54 valence electrons. The summed E-state index contributed by atoms with van der Waals surface area (Å²) >= 11 is 0. The summed E-state index contributed by atoms with van der Waals surface area (Å²) in [6.07, 6.45) is 1.70. The second-order valence-electron chi connectivity index (χ2n) is 1.72. The van der Waals surface area contributed by atoms with E-state index < -0.39 is 11.1 Å². The van der Waals surface area contributed by atoms with E-state index >= 15 is 0 Å². The van der Waals surface area contributed by atoms with Crippen LogP contribution in [0.4, 0.5) is 0 Å². The molecule has 1 aliphatic heterocycles. The summed E-state index contributed by atoms with van der Waals surface area (Å²) in [6, 6.07) is 0. The number of aliphatic imine (C=N–C) groups is 1. The minimum atomic E-state index is -0.837. The first-order chi connectivity index (χ1) is 4.72. The van der Waals surface area contributed by atoms with Crippen LogP contribution in [-0.2, 0) is 0 Å². The highest BCUT2D eigenvalue weighted by Crippen LogP contribution is 2.02. The number of nitrogens with two attached hydrogens (primary N) is 1. The van der Waals surface area contributed by atoms with Crippen molar-refractivity contribution in [3.63, 3.8) is 0 Å². The number of hydrogen-bond donors (Lipinski definition) is 2. The van der Waals surface area contributed by atoms with Crippen LogP contribution in [0.3, 0.4) is 0 Å². The molecule has 0 unspecified atom stereocenters. The first-order valence-electron chi connectivity index (χ1n) is 2.59. The molecule has 0 aromatic rings. The lowest BCUT2D eigenvalue weighted by Gasteiger charge is -2.06. The molecule has 10 heavy (non-hydrogen) atoms. The largest absolute Gasteiger partial charge is 0.347 e. The van der Waals surface area contributed by atoms with E-state index in [1.165, 1.54) is 12.5 Å². The quantitative estimate of drug-likeness (QED) is 0.363. The molecular weight excluding hydrogens is 136 g/mol. The average Bonchev–Trinajstić information content (AvgIpc) is 1.88. The lowest BCUT2D eigenvalue weighted by Crippen LogP contribution is -2.30. The second-order valence-corrected chi connectivity index (χ2v) is 1.72. The van der Waals surface area contributed by atoms with Gasteiger partial charge in [0.1, 0.15) is 0 Å². The fraction of sp³-hybridized carbons (Fsp3) is 0.250. The zero-order valence-corrected chi connectivity index (χ0v) is 5.02. The SMILES string of the molecule is N[C@H]1N=CNC=C1[N+](=O)[O-]. The third-order valence-corrected chi connectivity index (χ3v) is 1.05. The summed E-state index contributed by atoms with van der Waals surface area (Å²) in [5.74, 6) is 0. The molecule has 0 aliphatic carbocycles. The molecule has 0 amide bonds. The smallest absolute Gasteiger partial charge is 0.300 e. The molecule has 0 radical (unpaired) electrons. The Morgan fingerprint density at radius 2 is 2.60 bits per heavy atom. The van der Waals surface area contributed by atoms with E-state index in [-0.39, 0.29) is 5.70 Å². The van der Waals surface area contributed by atoms with E-state index in [0.717, 1.165) is 0 Å². The van der Waals surface area contributed by atoms with Crippen molar-refractivity contribution in [3.8, 4) is 0 Å². The van der Waals surface area contributed by atoms with Crippen LogP contribution in [0.15, 0.2) is 16.9 Å². The molecular formula is C4H6N4O2. The first kappa shape index (κ1) is 6.69. The predicted molar refractivity (Wildman–Crippen MR) is 34.7 cm³/mol. The molecule has 0 aromatic carbocycles. The molecule has 0 saturated carbocycles. The first-order valence-corrected chi connectivity index (χ1v) is 2.59. The summed E-state index contributed by atoms with van der Waals surface area (Å²) in [7, 11) is 0. The molecule has 1 aliphatic rings. The molecule has 0 aromatic heterocycles. The number of hydrogen-bond acceptors (Lipinski definition) is 5. The lowest BCUT2D eigenvalue weighted by molar-refractivity contribution is -0.430. The van der Waals surface area contributed by atoms with Gasteiger partial charge in [0.2, 0.25) is 0 Å². The van der Waals surface area contributed by atoms with Crippen LogP contribution >= 0.6 is 0 Å². The van der Waals surface area contributed by atoms with Crippen LogP contribution < -0.4 is 11.1 Å². The molecule has 3 N–H and O–H groups in total. The van der Waals surface area contributed by atoms with Crippen molar-refractivity contribution in [2.75, 3.05) is 0 Å². The monoisotopic (exact) mass is 142 g/mol. The maximum atomic E-state index is 10.1. The van der Waals surface area contributed by atoms with E-state index in [0.29, 0.717) is 0 Å². The minimum absolute atomic E-state index is 0.123. The fourth-order valence-corrected chi connectivity index (χ4v) is 0.568. The summed E-state index contributed by atoms with van der Waals surface area (Å²) < 4.78 is 0. The Morgan fingerprint density at radius 1 is 1.90 bits per heavy atom. The highest BCUT2D eigenvalue weighted by atomic mass is 16.6. The van der Waals surface area contributed by atoms with Crippen LogP contribution in [-0.4, -0.2) is 17.4 Å². The van der Waals surface area contributed by atoms with Crippen molar-refractivity contribution in [1.29, 1.82) is 0 Å². The van der Waals surface area contributed by atoms with Gasteiger partial charge in [-0.2, -0.15) is 0 Å². The van der Waals surface area contributed by atoms with Crippen LogP contribution in [0.25, 0.3) is 0 Å². The Kier molecular flexibility index (Phi) is 1.63. The van der Waals surface area contributed by atoms with E-state index in [1.807, 2.05) is 0 Å². The Bertz CT molecular complexity index is 209. The van der Waals surface area contributed by atoms with Crippen LogP contribution in [0.2, 0.25) is 0 Å². The zero-order valence-electron chi connectivity index (χ0n) is 5.02. The third kappa shape index (κ3) is 1.11. The van der Waals surface area contributed by atoms with E-state index in [9.17, 15) is 10.1 Å². The van der Waals surface area contributed by atoms with Gasteiger partial charge in [0.05, 0.1) is 17.5 Å². The molecule has 1 atom stereocenters. The van der Waals surface area contributed by atoms with Gasteiger partial charge in [-0.05, 0) is 0 Å². The Hall–Kier alpha value is -1.43. The average molecular weight is 142 g/mol. The van der Waals surface area contributed by atoms with Crippen molar-refractivity contribution < 1.29 is 4.92 Å². The van der Waals surface area contributed by atoms with Gasteiger partial charge >= 0.3 is 5.70 Å². The van der Waals surface area contributed by atoms with Crippen molar-refractivity contribution in [2.24, 2.45) is 10.7 Å². The number of nitro groups is 1. The van der Waals surface area contributed by atoms with Gasteiger partial charge in [0, 0.05) is 0 Å². The Balaban J connectivity index is 2.76. The van der Waals surface area contributed by atoms with Gasteiger partial charge in [-0.1, -0.05) is 0 Å². The lowest BCUT2D eigenvalue weighted by atomic mass is 10.4. The molecule has 1 heterocycles. The van der Waals surface area contributed by atoms with Gasteiger partial charge in [0.15, 0.2) is 6.17 Å². The molecule has 0 spiro atoms. The van der Waals surface area contributed by atoms with Crippen molar-refractivity contribution >= 4 is 6.34 Å². The Morgan fingerprint density at radius 3 is 3.00 bits per heavy atom. The standard InChI is InChI=1S/C4H6N4O2/c5-4-3(8(9)10)1-6-2-7-4/h1-2,4H,5H2,(H,6,7)/t4-/m0/s1. The summed E-state index contributed by atoms with van der Waals surface area (Å²) in [5, 5.41) is 12.6. The van der Waals surface area contributed by atoms with Crippen molar-refractivity contribution in [1.82, 2.24) is 5.32 Å². The van der Waals surface area contributed by atoms with E-state index in [1.54, 1.807) is 0 Å². The van der Waals surface area contributed by atoms with Gasteiger partial charge < -0.3 is 11.1 Å². The molecule has 6 nitrogen and oxygen atoms in total. The number of nitrogens with one attached hydrogen (secondary N) is 1. The van der Waals surface area contributed by atoms with E-state index in [4.69, 9.17) is 5.73 Å². The molecule has 1 rings (SSSR count). The maximum absolute atomic E-state index is 10.1. The third-order valence-electron chi connectivity index (χ3n) is 1.05. The summed E-state index contributed by atoms with van der Waals surface area (Å²) in [6.45, 7) is 0. The van der Waals surface area contributed by atoms with Crippen LogP contribution in [0, 0.1) is 10.1 Å². The van der Waals surface area contributed by atoms with E-state index in [2.05, 4.69) is 10.3 Å². The molecule has 0 bridgehead atoms. The predicted octanol–water partition coefficient (Wildman–Crippen LogP) is -0.979. The fourth-order valence-electron chi connectivity index (χ4n) is 0.568. The topological polar surface area (TPSA) is 93.5 Å². The van der Waals surface area contributed by atoms with Crippen molar-refractivity contribution in [3.05, 3.63) is 22.0 Å². The highest BCUT2D eigenvalue weighted by Gasteiger charge is 2.20. The maximum Gasteiger partial charge on any atom is 0.300 e. The van der Waals surface area contributed by atoms with Crippen LogP contribution in [0.5, 0.6) is 0 Å². The highest BCUT2D eigenvalue weighted by molar-refractivity contribution is 5.58. The van der Waals surface area contributed by atoms with Gasteiger partial charge in [-0.3, -0.25) is 10.1 Å². The summed E-state index contributed by atoms with van der Waals surface area (Å²) in [4.78, 5) is 13.1. The number of rotatable bonds is 1. The van der Waals surface area contributed by atoms with Crippen LogP contribution in [0.1, 0.15) is 0 Å². The zero-order chi connectivity index (χ0) is 7.56. The molecule has 0 saturated heterocycles.